The summed E-state index contributed by atoms with van der Waals surface area (Å²) in [6.45, 7) is 1.66. The molecule has 106 valence electrons. The van der Waals surface area contributed by atoms with Gasteiger partial charge in [0.25, 0.3) is 5.92 Å². The molecule has 2 heterocycles. The van der Waals surface area contributed by atoms with Gasteiger partial charge in [-0.2, -0.15) is 0 Å². The molecule has 6 heteroatoms. The Kier molecular flexibility index (Phi) is 4.21. The maximum Gasteiger partial charge on any atom is 0.262 e. The van der Waals surface area contributed by atoms with Crippen LogP contribution in [0.25, 0.3) is 0 Å². The monoisotopic (exact) mass is 263 g/mol. The second-order valence-electron chi connectivity index (χ2n) is 5.57. The average molecular weight is 263 g/mol. The Morgan fingerprint density at radius 1 is 1.33 bits per heavy atom. The normalized spacial score (nSPS) is 32.8. The van der Waals surface area contributed by atoms with Crippen LogP contribution in [0.5, 0.6) is 0 Å². The number of likely N-dealkylation sites (N-methyl/N-ethyl adjacent to an activating group) is 1. The summed E-state index contributed by atoms with van der Waals surface area (Å²) in [6.07, 6.45) is 0.679. The van der Waals surface area contributed by atoms with E-state index in [-0.39, 0.29) is 19.0 Å². The number of alkyl halides is 2. The summed E-state index contributed by atoms with van der Waals surface area (Å²) < 4.78 is 27.2. The van der Waals surface area contributed by atoms with Crippen molar-refractivity contribution in [3.05, 3.63) is 0 Å². The smallest absolute Gasteiger partial charge is 0.262 e. The first-order valence-corrected chi connectivity index (χ1v) is 6.60. The van der Waals surface area contributed by atoms with Gasteiger partial charge in [-0.1, -0.05) is 0 Å². The maximum atomic E-state index is 13.6. The number of aliphatic hydroxyl groups excluding tert-OH is 1. The van der Waals surface area contributed by atoms with Gasteiger partial charge in [0.05, 0.1) is 12.6 Å². The molecule has 0 saturated carbocycles. The number of likely N-dealkylation sites (tertiary alicyclic amines) is 2. The predicted octanol–water partition coefficient (Wildman–Crippen LogP) is 0.328. The van der Waals surface area contributed by atoms with E-state index < -0.39 is 18.2 Å². The van der Waals surface area contributed by atoms with Gasteiger partial charge >= 0.3 is 0 Å². The van der Waals surface area contributed by atoms with Crippen molar-refractivity contribution in [1.82, 2.24) is 15.1 Å². The van der Waals surface area contributed by atoms with Crippen molar-refractivity contribution in [2.45, 2.75) is 43.5 Å². The van der Waals surface area contributed by atoms with Gasteiger partial charge < -0.3 is 10.0 Å². The summed E-state index contributed by atoms with van der Waals surface area (Å²) in [5.74, 6) is -2.67. The number of aliphatic hydroxyl groups is 1. The van der Waals surface area contributed by atoms with Crippen molar-refractivity contribution in [3.8, 4) is 0 Å². The quantitative estimate of drug-likeness (QED) is 0.720. The molecule has 2 saturated heterocycles. The zero-order chi connectivity index (χ0) is 13.3. The number of hydrogen-bond acceptors (Lipinski definition) is 4. The first-order valence-electron chi connectivity index (χ1n) is 6.60. The Morgan fingerprint density at radius 3 is 2.50 bits per heavy atom. The Balaban J connectivity index is 2.04. The molecule has 0 radical (unpaired) electrons. The molecule has 0 spiro atoms. The average Bonchev–Trinajstić information content (AvgIpc) is 2.65. The third-order valence-electron chi connectivity index (χ3n) is 4.16. The largest absolute Gasteiger partial charge is 0.377 e. The highest BCUT2D eigenvalue weighted by Crippen LogP contribution is 2.36. The molecule has 2 atom stereocenters. The lowest BCUT2D eigenvalue weighted by Gasteiger charge is -2.39. The van der Waals surface area contributed by atoms with Crippen molar-refractivity contribution < 1.29 is 13.9 Å². The molecule has 4 nitrogen and oxygen atoms in total. The summed E-state index contributed by atoms with van der Waals surface area (Å²) in [4.78, 5) is 4.03. The molecule has 0 amide bonds. The van der Waals surface area contributed by atoms with Crippen molar-refractivity contribution in [1.29, 1.82) is 0 Å². The number of halogens is 2. The van der Waals surface area contributed by atoms with E-state index in [2.05, 4.69) is 17.3 Å². The molecule has 2 aliphatic heterocycles. The van der Waals surface area contributed by atoms with Gasteiger partial charge in [-0.15, -0.1) is 0 Å². The summed E-state index contributed by atoms with van der Waals surface area (Å²) in [5, 5.41) is 12.5. The van der Waals surface area contributed by atoms with Crippen LogP contribution in [0.15, 0.2) is 0 Å². The van der Waals surface area contributed by atoms with E-state index in [4.69, 9.17) is 0 Å². The molecular weight excluding hydrogens is 240 g/mol. The van der Waals surface area contributed by atoms with E-state index in [1.807, 2.05) is 4.90 Å². The number of nitrogens with one attached hydrogen (secondary N) is 1. The van der Waals surface area contributed by atoms with E-state index >= 15 is 0 Å². The first-order chi connectivity index (χ1) is 8.43. The second kappa shape index (κ2) is 5.36. The predicted molar refractivity (Wildman–Crippen MR) is 65.6 cm³/mol. The van der Waals surface area contributed by atoms with Gasteiger partial charge in [-0.05, 0) is 40.0 Å². The van der Waals surface area contributed by atoms with Gasteiger partial charge in [0.1, 0.15) is 6.23 Å². The number of rotatable bonds is 3. The van der Waals surface area contributed by atoms with Crippen LogP contribution in [0.4, 0.5) is 8.78 Å². The maximum absolute atomic E-state index is 13.6. The molecule has 2 N–H and O–H groups in total. The van der Waals surface area contributed by atoms with Gasteiger partial charge in [0, 0.05) is 12.5 Å². The van der Waals surface area contributed by atoms with Crippen molar-refractivity contribution in [2.24, 2.45) is 0 Å². The van der Waals surface area contributed by atoms with Crippen LogP contribution in [-0.4, -0.2) is 72.9 Å². The molecule has 1 unspecified atom stereocenters. The van der Waals surface area contributed by atoms with Gasteiger partial charge in [0.15, 0.2) is 0 Å². The van der Waals surface area contributed by atoms with E-state index in [9.17, 15) is 13.9 Å². The SMILES string of the molecule is CNC(O)[C@@H]1CC(F)(F)CN1C1CCN(C)CC1. The lowest BCUT2D eigenvalue weighted by molar-refractivity contribution is 0.00246. The van der Waals surface area contributed by atoms with E-state index in [0.29, 0.717) is 0 Å². The highest BCUT2D eigenvalue weighted by molar-refractivity contribution is 4.97. The van der Waals surface area contributed by atoms with Gasteiger partial charge in [0.2, 0.25) is 0 Å². The highest BCUT2D eigenvalue weighted by Gasteiger charge is 2.49. The fraction of sp³-hybridized carbons (Fsp3) is 1.00. The molecule has 0 aromatic rings. The molecule has 0 bridgehead atoms. The summed E-state index contributed by atoms with van der Waals surface area (Å²) >= 11 is 0. The van der Waals surface area contributed by atoms with Crippen molar-refractivity contribution in [2.75, 3.05) is 33.7 Å². The minimum absolute atomic E-state index is 0.169. The molecule has 18 heavy (non-hydrogen) atoms. The molecule has 2 fully saturated rings. The standard InChI is InChI=1S/C12H23F2N3O/c1-15-11(18)10-7-12(13,14)8-17(10)9-3-5-16(2)6-4-9/h9-11,15,18H,3-8H2,1-2H3/t10-,11?/m0/s1. The zero-order valence-electron chi connectivity index (χ0n) is 11.1. The van der Waals surface area contributed by atoms with Crippen LogP contribution in [0.1, 0.15) is 19.3 Å². The van der Waals surface area contributed by atoms with Gasteiger partial charge in [-0.25, -0.2) is 8.78 Å². The van der Waals surface area contributed by atoms with Gasteiger partial charge in [-0.3, -0.25) is 10.2 Å². The van der Waals surface area contributed by atoms with Crippen LogP contribution in [-0.2, 0) is 0 Å². The lowest BCUT2D eigenvalue weighted by atomic mass is 10.0. The summed E-state index contributed by atoms with van der Waals surface area (Å²) in [7, 11) is 3.66. The number of piperidine rings is 1. The van der Waals surface area contributed by atoms with Crippen LogP contribution in [0, 0.1) is 0 Å². The topological polar surface area (TPSA) is 38.7 Å². The Morgan fingerprint density at radius 2 is 1.94 bits per heavy atom. The second-order valence-corrected chi connectivity index (χ2v) is 5.57. The van der Waals surface area contributed by atoms with E-state index in [1.54, 1.807) is 7.05 Å². The zero-order valence-corrected chi connectivity index (χ0v) is 11.1. The third-order valence-corrected chi connectivity index (χ3v) is 4.16. The van der Waals surface area contributed by atoms with E-state index in [0.717, 1.165) is 25.9 Å². The first kappa shape index (κ1) is 14.1. The number of nitrogens with zero attached hydrogens (tertiary/aromatic N) is 2. The fourth-order valence-electron chi connectivity index (χ4n) is 3.08. The fourth-order valence-corrected chi connectivity index (χ4v) is 3.08. The number of hydrogen-bond donors (Lipinski definition) is 2. The van der Waals surface area contributed by atoms with Crippen LogP contribution < -0.4 is 5.32 Å². The Hall–Kier alpha value is -0.300. The van der Waals surface area contributed by atoms with Crippen LogP contribution >= 0.6 is 0 Å². The minimum Gasteiger partial charge on any atom is -0.377 e. The van der Waals surface area contributed by atoms with E-state index in [1.165, 1.54) is 0 Å². The van der Waals surface area contributed by atoms with Crippen LogP contribution in [0.3, 0.4) is 0 Å². The third kappa shape index (κ3) is 2.99. The van der Waals surface area contributed by atoms with Crippen molar-refractivity contribution in [3.63, 3.8) is 0 Å². The molecule has 2 rings (SSSR count). The molecular formula is C12H23F2N3O. The van der Waals surface area contributed by atoms with Crippen molar-refractivity contribution >= 4 is 0 Å². The highest BCUT2D eigenvalue weighted by atomic mass is 19.3. The lowest BCUT2D eigenvalue weighted by Crippen LogP contribution is -2.52. The Labute approximate surface area is 107 Å². The summed E-state index contributed by atoms with van der Waals surface area (Å²) in [5.41, 5.74) is 0. The minimum atomic E-state index is -2.67. The summed E-state index contributed by atoms with van der Waals surface area (Å²) in [6, 6.07) is -0.305. The Bertz CT molecular complexity index is 282. The molecule has 0 aromatic carbocycles. The van der Waals surface area contributed by atoms with Crippen LogP contribution in [0.2, 0.25) is 0 Å². The molecule has 0 aromatic heterocycles. The molecule has 2 aliphatic rings. The molecule has 0 aliphatic carbocycles.